The molecule has 0 aliphatic carbocycles. The molecule has 1 aromatic rings. The minimum atomic E-state index is 0.578. The van der Waals surface area contributed by atoms with Gasteiger partial charge in [-0.3, -0.25) is 0 Å². The third-order valence-corrected chi connectivity index (χ3v) is 4.99. The van der Waals surface area contributed by atoms with Gasteiger partial charge in [0.05, 0.1) is 0 Å². The maximum atomic E-state index is 3.60. The third kappa shape index (κ3) is 3.34. The summed E-state index contributed by atoms with van der Waals surface area (Å²) in [5.41, 5.74) is 2.78. The molecule has 1 N–H and O–H groups in total. The predicted octanol–water partition coefficient (Wildman–Crippen LogP) is 3.25. The van der Waals surface area contributed by atoms with Crippen molar-refractivity contribution in [3.05, 3.63) is 24.3 Å². The van der Waals surface area contributed by atoms with Gasteiger partial charge in [0.25, 0.3) is 0 Å². The molecule has 2 fully saturated rings. The second-order valence-electron chi connectivity index (χ2n) is 6.59. The molecule has 0 aromatic heterocycles. The molecule has 2 atom stereocenters. The predicted molar refractivity (Wildman–Crippen MR) is 91.4 cm³/mol. The molecule has 0 radical (unpaired) electrons. The number of nitrogens with one attached hydrogen (secondary N) is 1. The van der Waals surface area contributed by atoms with Gasteiger partial charge in [0.15, 0.2) is 0 Å². The zero-order chi connectivity index (χ0) is 14.7. The van der Waals surface area contributed by atoms with Gasteiger partial charge in [-0.05, 0) is 56.9 Å². The molecule has 3 heteroatoms. The molecular formula is C18H29N3. The van der Waals surface area contributed by atoms with Gasteiger partial charge in [-0.15, -0.1) is 0 Å². The highest BCUT2D eigenvalue weighted by molar-refractivity contribution is 5.57. The minimum Gasteiger partial charge on any atom is -0.372 e. The Morgan fingerprint density at radius 2 is 1.71 bits per heavy atom. The number of benzene rings is 1. The molecule has 2 aliphatic heterocycles. The van der Waals surface area contributed by atoms with E-state index in [0.29, 0.717) is 12.1 Å². The topological polar surface area (TPSA) is 18.5 Å². The maximum absolute atomic E-state index is 3.60. The van der Waals surface area contributed by atoms with E-state index in [4.69, 9.17) is 0 Å². The maximum Gasteiger partial charge on any atom is 0.0412 e. The molecule has 0 bridgehead atoms. The van der Waals surface area contributed by atoms with Crippen LogP contribution in [-0.2, 0) is 0 Å². The summed E-state index contributed by atoms with van der Waals surface area (Å²) in [5.74, 6) is 0. The van der Waals surface area contributed by atoms with E-state index in [0.717, 1.165) is 13.1 Å². The van der Waals surface area contributed by atoms with E-state index in [9.17, 15) is 0 Å². The lowest BCUT2D eigenvalue weighted by Gasteiger charge is -2.41. The normalized spacial score (nSPS) is 27.0. The first-order chi connectivity index (χ1) is 10.3. The SMILES string of the molecule is CCC1CNC(C)CN1c1ccc(N2CCCCC2)cc1. The molecule has 2 unspecified atom stereocenters. The molecule has 2 aliphatic rings. The van der Waals surface area contributed by atoms with Gasteiger partial charge in [-0.2, -0.15) is 0 Å². The van der Waals surface area contributed by atoms with Gasteiger partial charge >= 0.3 is 0 Å². The van der Waals surface area contributed by atoms with Gasteiger partial charge in [0.2, 0.25) is 0 Å². The molecular weight excluding hydrogens is 258 g/mol. The fraction of sp³-hybridized carbons (Fsp3) is 0.667. The summed E-state index contributed by atoms with van der Waals surface area (Å²) in [4.78, 5) is 5.12. The summed E-state index contributed by atoms with van der Waals surface area (Å²) in [5, 5.41) is 3.60. The van der Waals surface area contributed by atoms with E-state index in [1.54, 1.807) is 0 Å². The van der Waals surface area contributed by atoms with Crippen molar-refractivity contribution in [1.29, 1.82) is 0 Å². The van der Waals surface area contributed by atoms with Crippen LogP contribution in [0, 0.1) is 0 Å². The Labute approximate surface area is 129 Å². The van der Waals surface area contributed by atoms with Gasteiger partial charge < -0.3 is 15.1 Å². The van der Waals surface area contributed by atoms with E-state index in [1.807, 2.05) is 0 Å². The summed E-state index contributed by atoms with van der Waals surface area (Å²) in [6.45, 7) is 9.23. The Balaban J connectivity index is 1.72. The second kappa shape index (κ2) is 6.69. The first-order valence-electron chi connectivity index (χ1n) is 8.63. The summed E-state index contributed by atoms with van der Waals surface area (Å²) in [7, 11) is 0. The van der Waals surface area contributed by atoms with Crippen molar-refractivity contribution in [1.82, 2.24) is 5.32 Å². The van der Waals surface area contributed by atoms with Crippen molar-refractivity contribution in [2.24, 2.45) is 0 Å². The number of hydrogen-bond donors (Lipinski definition) is 1. The fourth-order valence-corrected chi connectivity index (χ4v) is 3.64. The number of anilines is 2. The number of piperidine rings is 1. The van der Waals surface area contributed by atoms with Crippen LogP contribution in [0.3, 0.4) is 0 Å². The van der Waals surface area contributed by atoms with Crippen molar-refractivity contribution in [3.8, 4) is 0 Å². The Morgan fingerprint density at radius 3 is 2.38 bits per heavy atom. The molecule has 1 aromatic carbocycles. The highest BCUT2D eigenvalue weighted by Gasteiger charge is 2.24. The largest absolute Gasteiger partial charge is 0.372 e. The fourth-order valence-electron chi connectivity index (χ4n) is 3.64. The van der Waals surface area contributed by atoms with E-state index >= 15 is 0 Å². The molecule has 0 spiro atoms. The van der Waals surface area contributed by atoms with Crippen molar-refractivity contribution in [3.63, 3.8) is 0 Å². The van der Waals surface area contributed by atoms with Crippen molar-refractivity contribution in [2.45, 2.75) is 51.6 Å². The molecule has 0 amide bonds. The summed E-state index contributed by atoms with van der Waals surface area (Å²) in [6, 6.07) is 10.5. The van der Waals surface area contributed by atoms with Crippen LogP contribution < -0.4 is 15.1 Å². The number of hydrogen-bond acceptors (Lipinski definition) is 3. The average Bonchev–Trinajstić information content (AvgIpc) is 2.56. The average molecular weight is 287 g/mol. The highest BCUT2D eigenvalue weighted by atomic mass is 15.2. The molecule has 3 nitrogen and oxygen atoms in total. The van der Waals surface area contributed by atoms with Crippen LogP contribution in [0.1, 0.15) is 39.5 Å². The Kier molecular flexibility index (Phi) is 4.69. The van der Waals surface area contributed by atoms with Crippen molar-refractivity contribution < 1.29 is 0 Å². The Hall–Kier alpha value is -1.22. The molecule has 0 saturated carbocycles. The van der Waals surface area contributed by atoms with Crippen LogP contribution in [0.25, 0.3) is 0 Å². The van der Waals surface area contributed by atoms with Crippen LogP contribution in [0.5, 0.6) is 0 Å². The molecule has 116 valence electrons. The van der Waals surface area contributed by atoms with Crippen molar-refractivity contribution >= 4 is 11.4 Å². The summed E-state index contributed by atoms with van der Waals surface area (Å²) in [6.07, 6.45) is 5.28. The molecule has 2 saturated heterocycles. The smallest absolute Gasteiger partial charge is 0.0412 e. The lowest BCUT2D eigenvalue weighted by molar-refractivity contribution is 0.402. The van der Waals surface area contributed by atoms with Gasteiger partial charge in [0.1, 0.15) is 0 Å². The van der Waals surface area contributed by atoms with Crippen LogP contribution in [0.15, 0.2) is 24.3 Å². The lowest BCUT2D eigenvalue weighted by atomic mass is 10.1. The quantitative estimate of drug-likeness (QED) is 0.920. The summed E-state index contributed by atoms with van der Waals surface area (Å²) >= 11 is 0. The van der Waals surface area contributed by atoms with E-state index in [1.165, 1.54) is 50.1 Å². The first-order valence-corrected chi connectivity index (χ1v) is 8.63. The summed E-state index contributed by atoms with van der Waals surface area (Å²) < 4.78 is 0. The van der Waals surface area contributed by atoms with E-state index in [2.05, 4.69) is 53.2 Å². The number of rotatable bonds is 3. The van der Waals surface area contributed by atoms with Crippen LogP contribution >= 0.6 is 0 Å². The van der Waals surface area contributed by atoms with Crippen LogP contribution in [-0.4, -0.2) is 38.3 Å². The Morgan fingerprint density at radius 1 is 1.05 bits per heavy atom. The molecule has 2 heterocycles. The third-order valence-electron chi connectivity index (χ3n) is 4.99. The molecule has 21 heavy (non-hydrogen) atoms. The highest BCUT2D eigenvalue weighted by Crippen LogP contribution is 2.26. The number of piperazine rings is 1. The monoisotopic (exact) mass is 287 g/mol. The lowest BCUT2D eigenvalue weighted by Crippen LogP contribution is -2.55. The Bertz CT molecular complexity index is 436. The first kappa shape index (κ1) is 14.7. The van der Waals surface area contributed by atoms with Gasteiger partial charge in [0, 0.05) is 49.6 Å². The van der Waals surface area contributed by atoms with Gasteiger partial charge in [-0.1, -0.05) is 6.92 Å². The van der Waals surface area contributed by atoms with Gasteiger partial charge in [-0.25, -0.2) is 0 Å². The molecule has 3 rings (SSSR count). The second-order valence-corrected chi connectivity index (χ2v) is 6.59. The van der Waals surface area contributed by atoms with Crippen molar-refractivity contribution in [2.75, 3.05) is 36.0 Å². The van der Waals surface area contributed by atoms with Crippen LogP contribution in [0.4, 0.5) is 11.4 Å². The van der Waals surface area contributed by atoms with Crippen LogP contribution in [0.2, 0.25) is 0 Å². The standard InChI is InChI=1S/C18H29N3/c1-3-16-13-19-15(2)14-21(16)18-9-7-17(8-10-18)20-11-5-4-6-12-20/h7-10,15-16,19H,3-6,11-14H2,1-2H3. The zero-order valence-electron chi connectivity index (χ0n) is 13.5. The van der Waals surface area contributed by atoms with E-state index < -0.39 is 0 Å². The number of nitrogens with zero attached hydrogens (tertiary/aromatic N) is 2. The van der Waals surface area contributed by atoms with E-state index in [-0.39, 0.29) is 0 Å². The minimum absolute atomic E-state index is 0.578. The zero-order valence-corrected chi connectivity index (χ0v) is 13.5.